The van der Waals surface area contributed by atoms with Crippen LogP contribution in [-0.4, -0.2) is 5.33 Å². The zero-order valence-corrected chi connectivity index (χ0v) is 8.16. The fourth-order valence-electron chi connectivity index (χ4n) is 0.569. The minimum absolute atomic E-state index is 0.793. The Hall–Kier alpha value is -0.220. The number of rotatable bonds is 2. The van der Waals surface area contributed by atoms with Crippen LogP contribution in [0, 0.1) is 11.8 Å². The summed E-state index contributed by atoms with van der Waals surface area (Å²) < 4.78 is 0. The van der Waals surface area contributed by atoms with E-state index in [4.69, 9.17) is 0 Å². The van der Waals surface area contributed by atoms with Gasteiger partial charge in [-0.1, -0.05) is 33.5 Å². The van der Waals surface area contributed by atoms with E-state index < -0.39 is 0 Å². The molecule has 0 radical (unpaired) electrons. The summed E-state index contributed by atoms with van der Waals surface area (Å²) in [4.78, 5) is 0. The van der Waals surface area contributed by atoms with Crippen LogP contribution >= 0.6 is 15.9 Å². The van der Waals surface area contributed by atoms with Crippen molar-refractivity contribution in [3.8, 4) is 11.8 Å². The van der Waals surface area contributed by atoms with Crippen LogP contribution < -0.4 is 0 Å². The monoisotopic (exact) mass is 200 g/mol. The lowest BCUT2D eigenvalue weighted by Crippen LogP contribution is -1.68. The first-order chi connectivity index (χ1) is 4.77. The van der Waals surface area contributed by atoms with Gasteiger partial charge in [0.25, 0.3) is 0 Å². The highest BCUT2D eigenvalue weighted by molar-refractivity contribution is 9.09. The van der Waals surface area contributed by atoms with Crippen LogP contribution in [0.15, 0.2) is 11.6 Å². The minimum atomic E-state index is 0.793. The van der Waals surface area contributed by atoms with Crippen molar-refractivity contribution in [1.29, 1.82) is 0 Å². The van der Waals surface area contributed by atoms with Crippen LogP contribution in [0.3, 0.4) is 0 Å². The molecule has 0 aliphatic rings. The Morgan fingerprint density at radius 2 is 2.10 bits per heavy atom. The molecule has 0 aromatic carbocycles. The first-order valence-electron chi connectivity index (χ1n) is 3.42. The average Bonchev–Trinajstić information content (AvgIpc) is 1.87. The molecule has 1 heteroatoms. The molecule has 0 atom stereocenters. The van der Waals surface area contributed by atoms with Crippen LogP contribution in [-0.2, 0) is 0 Å². The molecule has 0 unspecified atom stereocenters. The van der Waals surface area contributed by atoms with E-state index in [1.807, 2.05) is 0 Å². The topological polar surface area (TPSA) is 0 Å². The van der Waals surface area contributed by atoms with Crippen molar-refractivity contribution in [2.24, 2.45) is 0 Å². The zero-order valence-electron chi connectivity index (χ0n) is 6.58. The average molecular weight is 201 g/mol. The van der Waals surface area contributed by atoms with Gasteiger partial charge in [-0.25, -0.2) is 0 Å². The van der Waals surface area contributed by atoms with Crippen molar-refractivity contribution in [2.75, 3.05) is 5.33 Å². The zero-order chi connectivity index (χ0) is 7.82. The summed E-state index contributed by atoms with van der Waals surface area (Å²) in [6.07, 6.45) is 4.28. The molecule has 0 N–H and O–H groups in total. The van der Waals surface area contributed by atoms with Crippen molar-refractivity contribution in [3.63, 3.8) is 0 Å². The first kappa shape index (κ1) is 9.78. The predicted octanol–water partition coefficient (Wildman–Crippen LogP) is 3.13. The molecule has 0 aromatic heterocycles. The molecule has 0 aromatic rings. The number of hydrogen-bond acceptors (Lipinski definition) is 0. The van der Waals surface area contributed by atoms with Gasteiger partial charge in [-0.05, 0) is 20.3 Å². The fourth-order valence-corrected chi connectivity index (χ4v) is 0.767. The molecule has 0 aliphatic heterocycles. The first-order valence-corrected chi connectivity index (χ1v) is 4.54. The lowest BCUT2D eigenvalue weighted by Gasteiger charge is -1.85. The molecule has 10 heavy (non-hydrogen) atoms. The molecule has 0 spiro atoms. The fraction of sp³-hybridized carbons (Fsp3) is 0.556. The predicted molar refractivity (Wildman–Crippen MR) is 50.2 cm³/mol. The van der Waals surface area contributed by atoms with Gasteiger partial charge in [0.2, 0.25) is 0 Å². The molecule has 0 amide bonds. The molecular weight excluding hydrogens is 188 g/mol. The van der Waals surface area contributed by atoms with E-state index in [1.54, 1.807) is 0 Å². The van der Waals surface area contributed by atoms with E-state index in [0.29, 0.717) is 0 Å². The highest BCUT2D eigenvalue weighted by Gasteiger charge is 1.76. The molecule has 0 rings (SSSR count). The SMILES string of the molecule is CC(C)=CCCC#CCBr. The number of unbranched alkanes of at least 4 members (excludes halogenated alkanes) is 1. The van der Waals surface area contributed by atoms with Gasteiger partial charge >= 0.3 is 0 Å². The van der Waals surface area contributed by atoms with Gasteiger partial charge in [0, 0.05) is 6.42 Å². The van der Waals surface area contributed by atoms with Gasteiger partial charge in [-0.3, -0.25) is 0 Å². The van der Waals surface area contributed by atoms with Crippen molar-refractivity contribution >= 4 is 15.9 Å². The normalized spacial score (nSPS) is 7.90. The van der Waals surface area contributed by atoms with Gasteiger partial charge in [0.1, 0.15) is 0 Å². The molecule has 0 nitrogen and oxygen atoms in total. The van der Waals surface area contributed by atoms with E-state index in [1.165, 1.54) is 5.57 Å². The van der Waals surface area contributed by atoms with Crippen molar-refractivity contribution in [3.05, 3.63) is 11.6 Å². The summed E-state index contributed by atoms with van der Waals surface area (Å²) in [5.74, 6) is 6.01. The lowest BCUT2D eigenvalue weighted by molar-refractivity contribution is 1.06. The summed E-state index contributed by atoms with van der Waals surface area (Å²) in [5, 5.41) is 0.793. The lowest BCUT2D eigenvalue weighted by atomic mass is 10.2. The molecule has 0 bridgehead atoms. The number of allylic oxidation sites excluding steroid dienone is 2. The molecule has 0 aliphatic carbocycles. The highest BCUT2D eigenvalue weighted by atomic mass is 79.9. The Morgan fingerprint density at radius 1 is 1.40 bits per heavy atom. The summed E-state index contributed by atoms with van der Waals surface area (Å²) >= 11 is 3.24. The van der Waals surface area contributed by atoms with Crippen LogP contribution in [0.4, 0.5) is 0 Å². The van der Waals surface area contributed by atoms with Gasteiger partial charge in [0.15, 0.2) is 0 Å². The van der Waals surface area contributed by atoms with Gasteiger partial charge in [0.05, 0.1) is 5.33 Å². The number of hydrogen-bond donors (Lipinski definition) is 0. The smallest absolute Gasteiger partial charge is 0.0645 e. The van der Waals surface area contributed by atoms with E-state index >= 15 is 0 Å². The molecule has 56 valence electrons. The Kier molecular flexibility index (Phi) is 6.74. The minimum Gasteiger partial charge on any atom is -0.102 e. The largest absolute Gasteiger partial charge is 0.102 e. The molecule has 0 fully saturated rings. The Labute approximate surface area is 71.8 Å². The second kappa shape index (κ2) is 6.89. The highest BCUT2D eigenvalue weighted by Crippen LogP contribution is 1.95. The Morgan fingerprint density at radius 3 is 2.60 bits per heavy atom. The summed E-state index contributed by atoms with van der Waals surface area (Å²) in [7, 11) is 0. The third kappa shape index (κ3) is 7.78. The number of alkyl halides is 1. The van der Waals surface area contributed by atoms with E-state index in [0.717, 1.165) is 18.2 Å². The van der Waals surface area contributed by atoms with Crippen LogP contribution in [0.1, 0.15) is 26.7 Å². The van der Waals surface area contributed by atoms with Gasteiger partial charge in [-0.15, -0.1) is 5.92 Å². The number of halogens is 1. The van der Waals surface area contributed by atoms with Crippen molar-refractivity contribution in [2.45, 2.75) is 26.7 Å². The maximum absolute atomic E-state index is 3.24. The van der Waals surface area contributed by atoms with Crippen molar-refractivity contribution in [1.82, 2.24) is 0 Å². The van der Waals surface area contributed by atoms with Crippen LogP contribution in [0.25, 0.3) is 0 Å². The third-order valence-corrected chi connectivity index (χ3v) is 1.29. The second-order valence-corrected chi connectivity index (χ2v) is 2.87. The Balaban J connectivity index is 3.29. The van der Waals surface area contributed by atoms with Crippen molar-refractivity contribution < 1.29 is 0 Å². The summed E-state index contributed by atoms with van der Waals surface area (Å²) in [5.41, 5.74) is 1.38. The standard InChI is InChI=1S/C9H13Br/c1-9(2)7-5-3-4-6-8-10/h7H,3,5,8H2,1-2H3. The van der Waals surface area contributed by atoms with Gasteiger partial charge < -0.3 is 0 Å². The quantitative estimate of drug-likeness (QED) is 0.278. The summed E-state index contributed by atoms with van der Waals surface area (Å²) in [6.45, 7) is 4.22. The van der Waals surface area contributed by atoms with Gasteiger partial charge in [-0.2, -0.15) is 0 Å². The molecule has 0 saturated carbocycles. The Bertz CT molecular complexity index is 153. The third-order valence-electron chi connectivity index (χ3n) is 1.01. The van der Waals surface area contributed by atoms with E-state index in [2.05, 4.69) is 47.7 Å². The maximum atomic E-state index is 3.24. The molecular formula is C9H13Br. The molecule has 0 heterocycles. The van der Waals surface area contributed by atoms with E-state index in [-0.39, 0.29) is 0 Å². The van der Waals surface area contributed by atoms with Crippen LogP contribution in [0.5, 0.6) is 0 Å². The van der Waals surface area contributed by atoms with E-state index in [9.17, 15) is 0 Å². The molecule has 0 saturated heterocycles. The second-order valence-electron chi connectivity index (χ2n) is 2.31. The summed E-state index contributed by atoms with van der Waals surface area (Å²) in [6, 6.07) is 0. The van der Waals surface area contributed by atoms with Crippen LogP contribution in [0.2, 0.25) is 0 Å². The maximum Gasteiger partial charge on any atom is 0.0645 e.